The molecule has 14 heavy (non-hydrogen) atoms. The number of allylic oxidation sites excluding steroid dienone is 2. The van der Waals surface area contributed by atoms with Gasteiger partial charge in [0.15, 0.2) is 0 Å². The lowest BCUT2D eigenvalue weighted by Gasteiger charge is -2.13. The molecule has 0 rings (SSSR count). The van der Waals surface area contributed by atoms with E-state index >= 15 is 0 Å². The van der Waals surface area contributed by atoms with Crippen LogP contribution in [0.15, 0.2) is 11.6 Å². The van der Waals surface area contributed by atoms with E-state index in [0.29, 0.717) is 11.8 Å². The predicted octanol–water partition coefficient (Wildman–Crippen LogP) is 3.98. The molecule has 1 atom stereocenters. The molecule has 0 N–H and O–H groups in total. The van der Waals surface area contributed by atoms with Gasteiger partial charge in [0, 0.05) is 0 Å². The zero-order valence-electron chi connectivity index (χ0n) is 10.0. The smallest absolute Gasteiger partial charge is 0.145 e. The number of carbonyl (C=O) groups is 1. The zero-order chi connectivity index (χ0) is 11.0. The van der Waals surface area contributed by atoms with Crippen LogP contribution in [0.3, 0.4) is 0 Å². The van der Waals surface area contributed by atoms with E-state index in [1.165, 1.54) is 0 Å². The van der Waals surface area contributed by atoms with E-state index < -0.39 is 0 Å². The fourth-order valence-corrected chi connectivity index (χ4v) is 1.72. The Morgan fingerprint density at radius 1 is 1.21 bits per heavy atom. The van der Waals surface area contributed by atoms with Gasteiger partial charge in [0.05, 0.1) is 0 Å². The van der Waals surface area contributed by atoms with Crippen molar-refractivity contribution in [2.24, 2.45) is 11.8 Å². The van der Waals surface area contributed by atoms with Crippen molar-refractivity contribution >= 4 is 6.29 Å². The summed E-state index contributed by atoms with van der Waals surface area (Å²) in [4.78, 5) is 10.9. The maximum Gasteiger partial charge on any atom is 0.145 e. The highest BCUT2D eigenvalue weighted by Crippen LogP contribution is 2.19. The standard InChI is InChI=1S/C13H24O/c1-5-8-11(4)13(10-14)9-12(6-2)7-3/h9-12H,5-8H2,1-4H3. The van der Waals surface area contributed by atoms with E-state index in [1.807, 2.05) is 0 Å². The second kappa shape index (κ2) is 7.78. The third-order valence-electron chi connectivity index (χ3n) is 2.90. The van der Waals surface area contributed by atoms with Gasteiger partial charge in [-0.25, -0.2) is 0 Å². The molecule has 0 aliphatic carbocycles. The van der Waals surface area contributed by atoms with Crippen LogP contribution in [0, 0.1) is 11.8 Å². The van der Waals surface area contributed by atoms with Crippen molar-refractivity contribution in [2.45, 2.75) is 53.4 Å². The molecule has 0 aromatic heterocycles. The van der Waals surface area contributed by atoms with Gasteiger partial charge >= 0.3 is 0 Å². The second-order valence-corrected chi connectivity index (χ2v) is 4.05. The van der Waals surface area contributed by atoms with E-state index in [9.17, 15) is 4.79 Å². The van der Waals surface area contributed by atoms with Gasteiger partial charge in [0.2, 0.25) is 0 Å². The Labute approximate surface area is 88.6 Å². The minimum atomic E-state index is 0.429. The van der Waals surface area contributed by atoms with Gasteiger partial charge in [-0.1, -0.05) is 40.2 Å². The number of carbonyl (C=O) groups excluding carboxylic acids is 1. The van der Waals surface area contributed by atoms with Gasteiger partial charge in [0.1, 0.15) is 6.29 Å². The molecule has 0 aromatic rings. The van der Waals surface area contributed by atoms with Crippen LogP contribution in [-0.4, -0.2) is 6.29 Å². The Bertz CT molecular complexity index is 178. The maximum atomic E-state index is 10.9. The number of aldehydes is 1. The van der Waals surface area contributed by atoms with Crippen LogP contribution in [0.4, 0.5) is 0 Å². The van der Waals surface area contributed by atoms with Crippen LogP contribution in [0.1, 0.15) is 53.4 Å². The molecule has 82 valence electrons. The number of hydrogen-bond acceptors (Lipinski definition) is 1. The molecule has 0 bridgehead atoms. The number of hydrogen-bond donors (Lipinski definition) is 0. The molecule has 0 aliphatic rings. The van der Waals surface area contributed by atoms with Gasteiger partial charge in [-0.2, -0.15) is 0 Å². The van der Waals surface area contributed by atoms with Crippen molar-refractivity contribution in [1.29, 1.82) is 0 Å². The molecule has 0 amide bonds. The quantitative estimate of drug-likeness (QED) is 0.444. The van der Waals surface area contributed by atoms with E-state index in [4.69, 9.17) is 0 Å². The molecule has 0 fully saturated rings. The normalized spacial score (nSPS) is 14.5. The monoisotopic (exact) mass is 196 g/mol. The largest absolute Gasteiger partial charge is 0.298 e. The highest BCUT2D eigenvalue weighted by Gasteiger charge is 2.09. The summed E-state index contributed by atoms with van der Waals surface area (Å²) >= 11 is 0. The third kappa shape index (κ3) is 4.59. The minimum Gasteiger partial charge on any atom is -0.298 e. The van der Waals surface area contributed by atoms with E-state index in [2.05, 4.69) is 33.8 Å². The molecule has 1 nitrogen and oxygen atoms in total. The van der Waals surface area contributed by atoms with Crippen molar-refractivity contribution in [3.8, 4) is 0 Å². The Balaban J connectivity index is 4.42. The zero-order valence-corrected chi connectivity index (χ0v) is 10.0. The van der Waals surface area contributed by atoms with Crippen molar-refractivity contribution in [2.75, 3.05) is 0 Å². The summed E-state index contributed by atoms with van der Waals surface area (Å²) in [5.74, 6) is 1.01. The summed E-state index contributed by atoms with van der Waals surface area (Å²) in [5, 5.41) is 0. The molecular weight excluding hydrogens is 172 g/mol. The van der Waals surface area contributed by atoms with Crippen LogP contribution >= 0.6 is 0 Å². The molecular formula is C13H24O. The Hall–Kier alpha value is -0.590. The third-order valence-corrected chi connectivity index (χ3v) is 2.90. The number of rotatable bonds is 7. The van der Waals surface area contributed by atoms with Gasteiger partial charge in [-0.15, -0.1) is 0 Å². The van der Waals surface area contributed by atoms with Crippen molar-refractivity contribution in [3.63, 3.8) is 0 Å². The Morgan fingerprint density at radius 3 is 2.14 bits per heavy atom. The first-order valence-corrected chi connectivity index (χ1v) is 5.86. The molecule has 0 radical (unpaired) electrons. The lowest BCUT2D eigenvalue weighted by molar-refractivity contribution is -0.105. The van der Waals surface area contributed by atoms with Gasteiger partial charge in [-0.3, -0.25) is 4.79 Å². The SMILES string of the molecule is CCCC(C)C(C=O)=CC(CC)CC. The molecule has 1 unspecified atom stereocenters. The van der Waals surface area contributed by atoms with E-state index in [0.717, 1.165) is 37.5 Å². The predicted molar refractivity (Wildman–Crippen MR) is 62.3 cm³/mol. The summed E-state index contributed by atoms with van der Waals surface area (Å²) in [6, 6.07) is 0. The minimum absolute atomic E-state index is 0.429. The summed E-state index contributed by atoms with van der Waals surface area (Å²) in [5.41, 5.74) is 1.00. The van der Waals surface area contributed by atoms with Crippen molar-refractivity contribution in [3.05, 3.63) is 11.6 Å². The maximum absolute atomic E-state index is 10.9. The lowest BCUT2D eigenvalue weighted by atomic mass is 9.92. The summed E-state index contributed by atoms with van der Waals surface area (Å²) in [7, 11) is 0. The molecule has 0 heterocycles. The average molecular weight is 196 g/mol. The average Bonchev–Trinajstić information content (AvgIpc) is 2.20. The van der Waals surface area contributed by atoms with Gasteiger partial charge in [-0.05, 0) is 36.7 Å². The van der Waals surface area contributed by atoms with Crippen LogP contribution in [0.25, 0.3) is 0 Å². The summed E-state index contributed by atoms with van der Waals surface area (Å²) in [6.07, 6.45) is 7.74. The van der Waals surface area contributed by atoms with Gasteiger partial charge in [0.25, 0.3) is 0 Å². The summed E-state index contributed by atoms with van der Waals surface area (Å²) < 4.78 is 0. The first-order chi connectivity index (χ1) is 6.69. The first-order valence-electron chi connectivity index (χ1n) is 5.86. The topological polar surface area (TPSA) is 17.1 Å². The second-order valence-electron chi connectivity index (χ2n) is 4.05. The molecule has 0 spiro atoms. The van der Waals surface area contributed by atoms with Crippen LogP contribution in [-0.2, 0) is 4.79 Å². The van der Waals surface area contributed by atoms with E-state index in [-0.39, 0.29) is 0 Å². The van der Waals surface area contributed by atoms with Crippen molar-refractivity contribution < 1.29 is 4.79 Å². The highest BCUT2D eigenvalue weighted by atomic mass is 16.1. The Kier molecular flexibility index (Phi) is 7.45. The van der Waals surface area contributed by atoms with Crippen LogP contribution in [0.2, 0.25) is 0 Å². The fourth-order valence-electron chi connectivity index (χ4n) is 1.72. The van der Waals surface area contributed by atoms with E-state index in [1.54, 1.807) is 0 Å². The Morgan fingerprint density at radius 2 is 1.79 bits per heavy atom. The van der Waals surface area contributed by atoms with Crippen LogP contribution in [0.5, 0.6) is 0 Å². The first kappa shape index (κ1) is 13.4. The molecule has 0 saturated carbocycles. The molecule has 0 aliphatic heterocycles. The highest BCUT2D eigenvalue weighted by molar-refractivity contribution is 5.73. The van der Waals surface area contributed by atoms with Crippen molar-refractivity contribution in [1.82, 2.24) is 0 Å². The molecule has 1 heteroatoms. The molecule has 0 saturated heterocycles. The van der Waals surface area contributed by atoms with Crippen LogP contribution < -0.4 is 0 Å². The summed E-state index contributed by atoms with van der Waals surface area (Å²) in [6.45, 7) is 8.66. The lowest BCUT2D eigenvalue weighted by Crippen LogP contribution is -2.04. The fraction of sp³-hybridized carbons (Fsp3) is 0.769. The van der Waals surface area contributed by atoms with Gasteiger partial charge < -0.3 is 0 Å². The molecule has 0 aromatic carbocycles.